The largest absolute Gasteiger partial charge is 0.296 e. The molecule has 1 aliphatic heterocycles. The molecule has 21 heavy (non-hydrogen) atoms. The summed E-state index contributed by atoms with van der Waals surface area (Å²) in [5, 5.41) is 10.5. The van der Waals surface area contributed by atoms with Crippen LogP contribution in [0.4, 0.5) is 0 Å². The molecule has 1 aliphatic rings. The molecule has 0 saturated carbocycles. The SMILES string of the molecule is Cc1ccc([C@@H]2CS/C(=C(/C#N)n3ccnc3)S2)c(Cl)c1. The molecule has 0 aliphatic carbocycles. The number of hydrogen-bond acceptors (Lipinski definition) is 4. The van der Waals surface area contributed by atoms with Crippen molar-refractivity contribution in [3.8, 4) is 6.07 Å². The van der Waals surface area contributed by atoms with Crippen molar-refractivity contribution in [2.45, 2.75) is 12.2 Å². The maximum atomic E-state index is 9.40. The molecular weight excluding hydrogens is 322 g/mol. The van der Waals surface area contributed by atoms with Crippen molar-refractivity contribution >= 4 is 40.8 Å². The second-order valence-electron chi connectivity index (χ2n) is 4.66. The van der Waals surface area contributed by atoms with Crippen LogP contribution in [-0.2, 0) is 0 Å². The van der Waals surface area contributed by atoms with E-state index in [1.54, 1.807) is 46.8 Å². The number of nitriles is 1. The van der Waals surface area contributed by atoms with Gasteiger partial charge in [0.05, 0.1) is 10.6 Å². The predicted molar refractivity (Wildman–Crippen MR) is 90.0 cm³/mol. The molecule has 0 spiro atoms. The van der Waals surface area contributed by atoms with Gasteiger partial charge in [-0.1, -0.05) is 23.7 Å². The Labute approximate surface area is 137 Å². The Morgan fingerprint density at radius 2 is 2.38 bits per heavy atom. The van der Waals surface area contributed by atoms with Crippen LogP contribution in [0.1, 0.15) is 16.4 Å². The fraction of sp³-hybridized carbons (Fsp3) is 0.200. The highest BCUT2D eigenvalue weighted by Crippen LogP contribution is 2.53. The topological polar surface area (TPSA) is 41.6 Å². The molecule has 0 amide bonds. The number of thioether (sulfide) groups is 2. The van der Waals surface area contributed by atoms with Crippen LogP contribution in [0.25, 0.3) is 5.70 Å². The minimum Gasteiger partial charge on any atom is -0.296 e. The first-order chi connectivity index (χ1) is 10.2. The highest BCUT2D eigenvalue weighted by Gasteiger charge is 2.27. The van der Waals surface area contributed by atoms with Crippen molar-refractivity contribution in [2.24, 2.45) is 0 Å². The molecule has 0 bridgehead atoms. The molecule has 2 heterocycles. The smallest absolute Gasteiger partial charge is 0.145 e. The normalized spacial score (nSPS) is 20.3. The minimum atomic E-state index is 0.282. The van der Waals surface area contributed by atoms with Crippen molar-refractivity contribution in [2.75, 3.05) is 5.75 Å². The van der Waals surface area contributed by atoms with Crippen molar-refractivity contribution in [1.82, 2.24) is 9.55 Å². The molecule has 1 aromatic carbocycles. The lowest BCUT2D eigenvalue weighted by atomic mass is 10.1. The first-order valence-electron chi connectivity index (χ1n) is 6.37. The predicted octanol–water partition coefficient (Wildman–Crippen LogP) is 4.72. The van der Waals surface area contributed by atoms with Crippen LogP contribution < -0.4 is 0 Å². The highest BCUT2D eigenvalue weighted by molar-refractivity contribution is 8.25. The van der Waals surface area contributed by atoms with E-state index in [4.69, 9.17) is 11.6 Å². The molecule has 1 fully saturated rings. The zero-order valence-electron chi connectivity index (χ0n) is 11.3. The molecule has 0 N–H and O–H groups in total. The van der Waals surface area contributed by atoms with Gasteiger partial charge in [-0.2, -0.15) is 5.26 Å². The van der Waals surface area contributed by atoms with Crippen LogP contribution in [0.15, 0.2) is 41.2 Å². The Morgan fingerprint density at radius 1 is 1.52 bits per heavy atom. The van der Waals surface area contributed by atoms with Crippen LogP contribution in [0.3, 0.4) is 0 Å². The first-order valence-corrected chi connectivity index (χ1v) is 8.61. The molecule has 0 unspecified atom stereocenters. The van der Waals surface area contributed by atoms with E-state index in [2.05, 4.69) is 23.2 Å². The zero-order chi connectivity index (χ0) is 14.8. The van der Waals surface area contributed by atoms with Gasteiger partial charge in [0.15, 0.2) is 0 Å². The zero-order valence-corrected chi connectivity index (χ0v) is 13.7. The molecule has 3 nitrogen and oxygen atoms in total. The summed E-state index contributed by atoms with van der Waals surface area (Å²) < 4.78 is 2.78. The summed E-state index contributed by atoms with van der Waals surface area (Å²) in [7, 11) is 0. The highest BCUT2D eigenvalue weighted by atomic mass is 35.5. The molecule has 6 heteroatoms. The molecule has 1 aromatic heterocycles. The van der Waals surface area contributed by atoms with Gasteiger partial charge in [0.1, 0.15) is 11.8 Å². The van der Waals surface area contributed by atoms with Crippen molar-refractivity contribution in [1.29, 1.82) is 5.26 Å². The molecule has 3 rings (SSSR count). The van der Waals surface area contributed by atoms with E-state index in [9.17, 15) is 5.26 Å². The van der Waals surface area contributed by atoms with E-state index in [0.717, 1.165) is 26.1 Å². The fourth-order valence-corrected chi connectivity index (χ4v) is 5.48. The molecule has 1 atom stereocenters. The van der Waals surface area contributed by atoms with Gasteiger partial charge < -0.3 is 0 Å². The summed E-state index contributed by atoms with van der Waals surface area (Å²) in [6.45, 7) is 2.03. The van der Waals surface area contributed by atoms with E-state index in [0.29, 0.717) is 5.70 Å². The lowest BCUT2D eigenvalue weighted by Gasteiger charge is -2.11. The van der Waals surface area contributed by atoms with Gasteiger partial charge in [-0.05, 0) is 24.1 Å². The number of halogens is 1. The first kappa shape index (κ1) is 14.6. The van der Waals surface area contributed by atoms with Crippen LogP contribution in [-0.4, -0.2) is 15.3 Å². The van der Waals surface area contributed by atoms with Crippen LogP contribution in [0, 0.1) is 18.3 Å². The van der Waals surface area contributed by atoms with Crippen LogP contribution in [0.5, 0.6) is 0 Å². The third-order valence-electron chi connectivity index (χ3n) is 3.18. The number of aromatic nitrogens is 2. The van der Waals surface area contributed by atoms with Gasteiger partial charge in [-0.25, -0.2) is 4.98 Å². The monoisotopic (exact) mass is 333 g/mol. The van der Waals surface area contributed by atoms with E-state index in [-0.39, 0.29) is 5.25 Å². The van der Waals surface area contributed by atoms with Gasteiger partial charge in [0.25, 0.3) is 0 Å². The number of rotatable bonds is 2. The third kappa shape index (κ3) is 2.98. The number of allylic oxidation sites excluding steroid dienone is 1. The van der Waals surface area contributed by atoms with Crippen LogP contribution in [0.2, 0.25) is 5.02 Å². The van der Waals surface area contributed by atoms with Gasteiger partial charge in [-0.15, -0.1) is 23.5 Å². The quantitative estimate of drug-likeness (QED) is 0.746. The molecule has 1 saturated heterocycles. The Balaban J connectivity index is 1.90. The number of hydrogen-bond donors (Lipinski definition) is 0. The lowest BCUT2D eigenvalue weighted by Crippen LogP contribution is -1.94. The second kappa shape index (κ2) is 6.18. The minimum absolute atomic E-state index is 0.282. The van der Waals surface area contributed by atoms with E-state index in [1.807, 2.05) is 13.0 Å². The summed E-state index contributed by atoms with van der Waals surface area (Å²) >= 11 is 9.76. The number of nitrogens with zero attached hydrogens (tertiary/aromatic N) is 3. The Kier molecular flexibility index (Phi) is 4.29. The summed E-state index contributed by atoms with van der Waals surface area (Å²) in [6, 6.07) is 8.43. The standard InChI is InChI=1S/C15H12ClN3S2/c1-10-2-3-11(12(16)6-10)14-8-20-15(21-14)13(7-17)19-5-4-18-9-19/h2-6,9,14H,8H2,1H3/b15-13+/t14-/m0/s1. The Hall–Kier alpha value is -1.35. The summed E-state index contributed by atoms with van der Waals surface area (Å²) in [5.41, 5.74) is 2.93. The van der Waals surface area contributed by atoms with Crippen LogP contribution >= 0.6 is 35.1 Å². The maximum absolute atomic E-state index is 9.40. The second-order valence-corrected chi connectivity index (χ2v) is 7.57. The number of imidazole rings is 1. The van der Waals surface area contributed by atoms with Gasteiger partial charge in [0, 0.05) is 28.4 Å². The summed E-state index contributed by atoms with van der Waals surface area (Å²) in [6.07, 6.45) is 5.12. The third-order valence-corrected chi connectivity index (χ3v) is 6.43. The Bertz CT molecular complexity index is 732. The van der Waals surface area contributed by atoms with E-state index in [1.165, 1.54) is 0 Å². The lowest BCUT2D eigenvalue weighted by molar-refractivity contribution is 1.10. The molecule has 2 aromatic rings. The Morgan fingerprint density at radius 3 is 3.05 bits per heavy atom. The fourth-order valence-electron chi connectivity index (χ4n) is 2.12. The van der Waals surface area contributed by atoms with Crippen molar-refractivity contribution in [3.63, 3.8) is 0 Å². The summed E-state index contributed by atoms with van der Waals surface area (Å²) in [4.78, 5) is 4.00. The van der Waals surface area contributed by atoms with Gasteiger partial charge >= 0.3 is 0 Å². The van der Waals surface area contributed by atoms with E-state index >= 15 is 0 Å². The molecular formula is C15H12ClN3S2. The molecule has 0 radical (unpaired) electrons. The summed E-state index contributed by atoms with van der Waals surface area (Å²) in [5.74, 6) is 0.919. The number of benzene rings is 1. The maximum Gasteiger partial charge on any atom is 0.145 e. The average Bonchev–Trinajstić information content (AvgIpc) is 3.12. The van der Waals surface area contributed by atoms with Crippen molar-refractivity contribution in [3.05, 3.63) is 57.3 Å². The number of aryl methyl sites for hydroxylation is 1. The molecule has 106 valence electrons. The average molecular weight is 334 g/mol. The van der Waals surface area contributed by atoms with Gasteiger partial charge in [-0.3, -0.25) is 4.57 Å². The van der Waals surface area contributed by atoms with E-state index < -0.39 is 0 Å². The van der Waals surface area contributed by atoms with Gasteiger partial charge in [0.2, 0.25) is 0 Å². The van der Waals surface area contributed by atoms with Crippen molar-refractivity contribution < 1.29 is 0 Å².